The van der Waals surface area contributed by atoms with Crippen molar-refractivity contribution in [2.45, 2.75) is 18.8 Å². The first-order valence-electron chi connectivity index (χ1n) is 7.32. The third-order valence-corrected chi connectivity index (χ3v) is 3.53. The van der Waals surface area contributed by atoms with Crippen LogP contribution in [0.15, 0.2) is 48.5 Å². The summed E-state index contributed by atoms with van der Waals surface area (Å²) in [5.41, 5.74) is 2.85. The van der Waals surface area contributed by atoms with Crippen molar-refractivity contribution in [3.05, 3.63) is 59.9 Å². The largest absolute Gasteiger partial charge is 0.465 e. The fourth-order valence-electron chi connectivity index (χ4n) is 2.26. The van der Waals surface area contributed by atoms with Crippen molar-refractivity contribution in [1.29, 1.82) is 0 Å². The topological polar surface area (TPSA) is 78.0 Å². The molecule has 23 heavy (non-hydrogen) atoms. The number of amides is 1. The second-order valence-corrected chi connectivity index (χ2v) is 5.36. The van der Waals surface area contributed by atoms with Crippen LogP contribution >= 0.6 is 0 Å². The van der Waals surface area contributed by atoms with Gasteiger partial charge in [0.25, 0.3) is 0 Å². The molecule has 5 nitrogen and oxygen atoms in total. The molecule has 0 saturated heterocycles. The number of carbonyl (C=O) groups is 1. The predicted molar refractivity (Wildman–Crippen MR) is 86.1 cm³/mol. The molecule has 1 saturated carbocycles. The Morgan fingerprint density at radius 2 is 1.87 bits per heavy atom. The zero-order valence-corrected chi connectivity index (χ0v) is 12.3. The van der Waals surface area contributed by atoms with Crippen LogP contribution in [0.4, 0.5) is 15.1 Å². The average molecular weight is 313 g/mol. The molecule has 0 bridgehead atoms. The van der Waals surface area contributed by atoms with Crippen molar-refractivity contribution in [3.63, 3.8) is 0 Å². The Kier molecular flexibility index (Phi) is 4.23. The van der Waals surface area contributed by atoms with E-state index in [4.69, 9.17) is 5.11 Å². The van der Waals surface area contributed by atoms with E-state index in [-0.39, 0.29) is 11.8 Å². The molecule has 0 aliphatic heterocycles. The zero-order valence-electron chi connectivity index (χ0n) is 12.3. The summed E-state index contributed by atoms with van der Waals surface area (Å²) in [6.07, 6.45) is 1.44. The van der Waals surface area contributed by atoms with Crippen molar-refractivity contribution in [2.75, 3.05) is 5.32 Å². The van der Waals surface area contributed by atoms with Crippen LogP contribution in [-0.4, -0.2) is 21.2 Å². The Labute approximate surface area is 132 Å². The summed E-state index contributed by atoms with van der Waals surface area (Å²) in [5, 5.41) is 10.6. The van der Waals surface area contributed by atoms with E-state index in [9.17, 15) is 9.18 Å². The molecule has 0 unspecified atom stereocenters. The molecule has 3 aromatic rings. The number of anilines is 1. The van der Waals surface area contributed by atoms with E-state index in [1.807, 2.05) is 30.3 Å². The lowest BCUT2D eigenvalue weighted by Gasteiger charge is -1.94. The molecule has 3 N–H and O–H groups in total. The Balaban J connectivity index is 0.000000140. The highest BCUT2D eigenvalue weighted by Gasteiger charge is 2.22. The summed E-state index contributed by atoms with van der Waals surface area (Å²) in [4.78, 5) is 17.1. The van der Waals surface area contributed by atoms with Crippen molar-refractivity contribution in [2.24, 2.45) is 0 Å². The summed E-state index contributed by atoms with van der Waals surface area (Å²) < 4.78 is 12.4. The molecule has 1 aliphatic rings. The van der Waals surface area contributed by atoms with Gasteiger partial charge in [0, 0.05) is 0 Å². The highest BCUT2D eigenvalue weighted by atomic mass is 19.1. The first kappa shape index (κ1) is 15.0. The van der Waals surface area contributed by atoms with Gasteiger partial charge in [-0.15, -0.1) is 0 Å². The van der Waals surface area contributed by atoms with Crippen LogP contribution in [0.2, 0.25) is 0 Å². The highest BCUT2D eigenvalue weighted by molar-refractivity contribution is 5.84. The van der Waals surface area contributed by atoms with Crippen LogP contribution in [0.5, 0.6) is 0 Å². The summed E-state index contributed by atoms with van der Waals surface area (Å²) in [7, 11) is 0. The number of fused-ring (bicyclic) bond motifs is 1. The Hall–Kier alpha value is -2.89. The van der Waals surface area contributed by atoms with Crippen molar-refractivity contribution in [1.82, 2.24) is 9.97 Å². The van der Waals surface area contributed by atoms with E-state index in [1.54, 1.807) is 6.07 Å². The van der Waals surface area contributed by atoms with Gasteiger partial charge in [-0.3, -0.25) is 5.32 Å². The third kappa shape index (κ3) is 4.06. The Morgan fingerprint density at radius 1 is 1.17 bits per heavy atom. The minimum Gasteiger partial charge on any atom is -0.465 e. The molecule has 6 heteroatoms. The molecule has 1 heterocycles. The summed E-state index contributed by atoms with van der Waals surface area (Å²) in [5.74, 6) is 0.846. The maximum Gasteiger partial charge on any atom is 0.411 e. The van der Waals surface area contributed by atoms with E-state index in [0.29, 0.717) is 0 Å². The maximum atomic E-state index is 12.4. The number of halogens is 1. The van der Waals surface area contributed by atoms with Gasteiger partial charge in [-0.25, -0.2) is 14.2 Å². The van der Waals surface area contributed by atoms with Crippen LogP contribution in [0.25, 0.3) is 11.0 Å². The molecular formula is C17H16FN3O2. The van der Waals surface area contributed by atoms with Crippen LogP contribution < -0.4 is 5.32 Å². The molecule has 0 radical (unpaired) electrons. The second-order valence-electron chi connectivity index (χ2n) is 5.36. The summed E-state index contributed by atoms with van der Waals surface area (Å²) in [6, 6.07) is 14.2. The number of H-pyrrole nitrogens is 1. The number of aromatic amines is 1. The van der Waals surface area contributed by atoms with Gasteiger partial charge in [0.2, 0.25) is 5.95 Å². The lowest BCUT2D eigenvalue weighted by molar-refractivity contribution is 0.209. The number of nitrogens with one attached hydrogen (secondary N) is 2. The molecule has 1 fully saturated rings. The van der Waals surface area contributed by atoms with Gasteiger partial charge in [0.1, 0.15) is 5.82 Å². The van der Waals surface area contributed by atoms with Gasteiger partial charge in [-0.05, 0) is 48.6 Å². The number of hydrogen-bond donors (Lipinski definition) is 3. The standard InChI is InChI=1S/C9H9F.C8H7N3O2/c10-9-5-3-8(4-6-9)7-1-2-7;12-8(13)11-7-9-5-3-1-2-4-6(5)10-7/h3-7H,1-2H2;1-4H,(H,12,13)(H2,9,10,11). The monoisotopic (exact) mass is 313 g/mol. The van der Waals surface area contributed by atoms with Gasteiger partial charge >= 0.3 is 6.09 Å². The molecule has 0 spiro atoms. The van der Waals surface area contributed by atoms with Crippen molar-refractivity contribution in [3.8, 4) is 0 Å². The quantitative estimate of drug-likeness (QED) is 0.658. The van der Waals surface area contributed by atoms with Gasteiger partial charge in [0.05, 0.1) is 11.0 Å². The Bertz CT molecular complexity index is 777. The maximum absolute atomic E-state index is 12.4. The molecular weight excluding hydrogens is 297 g/mol. The lowest BCUT2D eigenvalue weighted by atomic mass is 10.1. The SMILES string of the molecule is Fc1ccc(C2CC2)cc1.O=C(O)Nc1nc2ccccc2[nH]1. The third-order valence-electron chi connectivity index (χ3n) is 3.53. The number of carboxylic acid groups (broad SMARTS) is 1. The normalized spacial score (nSPS) is 13.3. The summed E-state index contributed by atoms with van der Waals surface area (Å²) in [6.45, 7) is 0. The molecule has 2 aromatic carbocycles. The van der Waals surface area contributed by atoms with Crippen LogP contribution in [-0.2, 0) is 0 Å². The number of imidazole rings is 1. The number of hydrogen-bond acceptors (Lipinski definition) is 2. The fraction of sp³-hybridized carbons (Fsp3) is 0.176. The highest BCUT2D eigenvalue weighted by Crippen LogP contribution is 2.39. The summed E-state index contributed by atoms with van der Waals surface area (Å²) >= 11 is 0. The van der Waals surface area contributed by atoms with E-state index < -0.39 is 6.09 Å². The number of aromatic nitrogens is 2. The molecule has 1 amide bonds. The van der Waals surface area contributed by atoms with E-state index >= 15 is 0 Å². The fourth-order valence-corrected chi connectivity index (χ4v) is 2.26. The molecule has 1 aliphatic carbocycles. The zero-order chi connectivity index (χ0) is 16.2. The van der Waals surface area contributed by atoms with Gasteiger partial charge in [-0.1, -0.05) is 24.3 Å². The number of nitrogens with zero attached hydrogens (tertiary/aromatic N) is 1. The van der Waals surface area contributed by atoms with Crippen LogP contribution in [0.1, 0.15) is 24.3 Å². The van der Waals surface area contributed by atoms with Crippen LogP contribution in [0.3, 0.4) is 0 Å². The lowest BCUT2D eigenvalue weighted by Crippen LogP contribution is -2.08. The minimum atomic E-state index is -1.13. The van der Waals surface area contributed by atoms with E-state index in [1.165, 1.54) is 30.5 Å². The Morgan fingerprint density at radius 3 is 2.48 bits per heavy atom. The van der Waals surface area contributed by atoms with Gasteiger partial charge < -0.3 is 10.1 Å². The number of benzene rings is 2. The average Bonchev–Trinajstić information content (AvgIpc) is 3.28. The molecule has 118 valence electrons. The smallest absolute Gasteiger partial charge is 0.411 e. The molecule has 4 rings (SSSR count). The van der Waals surface area contributed by atoms with Gasteiger partial charge in [0.15, 0.2) is 0 Å². The van der Waals surface area contributed by atoms with E-state index in [2.05, 4.69) is 15.3 Å². The van der Waals surface area contributed by atoms with Crippen molar-refractivity contribution >= 4 is 23.1 Å². The van der Waals surface area contributed by atoms with Gasteiger partial charge in [-0.2, -0.15) is 0 Å². The second kappa shape index (κ2) is 6.48. The number of rotatable bonds is 2. The van der Waals surface area contributed by atoms with Crippen LogP contribution in [0, 0.1) is 5.82 Å². The first-order valence-corrected chi connectivity index (χ1v) is 7.32. The van der Waals surface area contributed by atoms with Crippen molar-refractivity contribution < 1.29 is 14.3 Å². The molecule has 0 atom stereocenters. The number of para-hydroxylation sites is 2. The molecule has 1 aromatic heterocycles. The predicted octanol–water partition coefficient (Wildman–Crippen LogP) is 4.36. The van der Waals surface area contributed by atoms with E-state index in [0.717, 1.165) is 17.0 Å². The first-order chi connectivity index (χ1) is 11.1. The minimum absolute atomic E-state index is 0.135.